The maximum atomic E-state index is 12.6. The predicted octanol–water partition coefficient (Wildman–Crippen LogP) is 4.21. The summed E-state index contributed by atoms with van der Waals surface area (Å²) in [4.78, 5) is 12.6. The van der Waals surface area contributed by atoms with Crippen LogP contribution in [0, 0.1) is 11.3 Å². The quantitative estimate of drug-likeness (QED) is 0.783. The Morgan fingerprint density at radius 1 is 1.24 bits per heavy atom. The minimum absolute atomic E-state index is 0.0998. The van der Waals surface area contributed by atoms with Crippen LogP contribution in [-0.4, -0.2) is 23.7 Å². The van der Waals surface area contributed by atoms with E-state index < -0.39 is 0 Å². The number of epoxide rings is 1. The first kappa shape index (κ1) is 15.9. The number of hydrogen-bond donors (Lipinski definition) is 1. The second-order valence-corrected chi connectivity index (χ2v) is 9.34. The summed E-state index contributed by atoms with van der Waals surface area (Å²) in [5.74, 6) is 0.714. The first-order valence-electron chi connectivity index (χ1n) is 10.1. The van der Waals surface area contributed by atoms with Gasteiger partial charge in [-0.15, -0.1) is 0 Å². The number of allylic oxidation sites excluding steroid dienone is 3. The molecule has 4 aliphatic carbocycles. The number of ether oxygens (including phenoxy) is 1. The van der Waals surface area contributed by atoms with Gasteiger partial charge in [0.1, 0.15) is 5.60 Å². The highest BCUT2D eigenvalue weighted by atomic mass is 16.6. The smallest absolute Gasteiger partial charge is 0.247 e. The Bertz CT molecular complexity index is 739. The molecule has 5 rings (SSSR count). The van der Waals surface area contributed by atoms with Crippen molar-refractivity contribution in [2.75, 3.05) is 0 Å². The molecular weight excluding hydrogens is 310 g/mol. The third-order valence-corrected chi connectivity index (χ3v) is 7.22. The van der Waals surface area contributed by atoms with Crippen LogP contribution >= 0.6 is 0 Å². The highest BCUT2D eigenvalue weighted by Crippen LogP contribution is 2.65. The van der Waals surface area contributed by atoms with E-state index in [1.54, 1.807) is 11.1 Å². The molecule has 0 aromatic rings. The van der Waals surface area contributed by atoms with Crippen molar-refractivity contribution >= 4 is 5.91 Å². The number of hydrogen-bond acceptors (Lipinski definition) is 2. The summed E-state index contributed by atoms with van der Waals surface area (Å²) < 4.78 is 6.31. The molecular formula is C22H29NO2. The standard InChI is InChI=1S/C22H29NO2/c1-13(2)16-8-9-21(3)10-11-22-17(19(16)21)7-4-14(12-18(22)25-22)20(24)23-15-5-6-15/h4,7,13,15,18H,5-6,8-12H2,1-3H3,(H,23,24)/t18-,21+,22-/m0/s1. The molecule has 134 valence electrons. The van der Waals surface area contributed by atoms with Gasteiger partial charge < -0.3 is 10.1 Å². The van der Waals surface area contributed by atoms with Crippen LogP contribution in [0.25, 0.3) is 0 Å². The first-order chi connectivity index (χ1) is 11.9. The normalized spacial score (nSPS) is 39.1. The molecule has 1 saturated heterocycles. The molecule has 3 heteroatoms. The fourth-order valence-electron chi connectivity index (χ4n) is 5.41. The van der Waals surface area contributed by atoms with Crippen molar-refractivity contribution in [2.24, 2.45) is 11.3 Å². The number of carbonyl (C=O) groups is 1. The van der Waals surface area contributed by atoms with Gasteiger partial charge in [-0.1, -0.05) is 38.5 Å². The monoisotopic (exact) mass is 339 g/mol. The number of nitrogens with one attached hydrogen (secondary N) is 1. The average molecular weight is 339 g/mol. The van der Waals surface area contributed by atoms with Crippen molar-refractivity contribution < 1.29 is 9.53 Å². The van der Waals surface area contributed by atoms with Crippen LogP contribution < -0.4 is 5.32 Å². The number of amides is 1. The van der Waals surface area contributed by atoms with Gasteiger partial charge in [0.2, 0.25) is 5.91 Å². The molecule has 0 aromatic heterocycles. The van der Waals surface area contributed by atoms with Gasteiger partial charge in [-0.3, -0.25) is 4.79 Å². The molecule has 1 N–H and O–H groups in total. The third-order valence-electron chi connectivity index (χ3n) is 7.22. The highest BCUT2D eigenvalue weighted by Gasteiger charge is 2.64. The van der Waals surface area contributed by atoms with Gasteiger partial charge in [-0.05, 0) is 61.0 Å². The number of carbonyl (C=O) groups excluding carboxylic acids is 1. The van der Waals surface area contributed by atoms with E-state index in [2.05, 4.69) is 38.2 Å². The molecule has 0 unspecified atom stereocenters. The Balaban J connectivity index is 1.55. The fraction of sp³-hybridized carbons (Fsp3) is 0.682. The summed E-state index contributed by atoms with van der Waals surface area (Å²) in [6, 6.07) is 0.411. The Kier molecular flexibility index (Phi) is 3.23. The summed E-state index contributed by atoms with van der Waals surface area (Å²) in [6.45, 7) is 7.09. The van der Waals surface area contributed by atoms with Crippen LogP contribution in [0.4, 0.5) is 0 Å². The molecule has 1 heterocycles. The summed E-state index contributed by atoms with van der Waals surface area (Å²) in [6.07, 6.45) is 12.4. The molecule has 0 bridgehead atoms. The molecule has 3 fully saturated rings. The van der Waals surface area contributed by atoms with Crippen molar-refractivity contribution in [3.63, 3.8) is 0 Å². The second kappa shape index (κ2) is 5.09. The molecule has 1 aliphatic heterocycles. The van der Waals surface area contributed by atoms with Crippen LogP contribution in [0.3, 0.4) is 0 Å². The SMILES string of the molecule is CC(C)C1=C2C3=CC=C(C(=O)NC4CC4)C[C@@H]4O[C@@]34CC[C@@]2(C)CC1. The van der Waals surface area contributed by atoms with E-state index in [0.29, 0.717) is 17.4 Å². The Labute approximate surface area is 150 Å². The summed E-state index contributed by atoms with van der Waals surface area (Å²) in [5.41, 5.74) is 5.72. The van der Waals surface area contributed by atoms with Gasteiger partial charge in [0.15, 0.2) is 0 Å². The Morgan fingerprint density at radius 3 is 2.76 bits per heavy atom. The lowest BCUT2D eigenvalue weighted by molar-refractivity contribution is -0.117. The molecule has 0 aromatic carbocycles. The lowest BCUT2D eigenvalue weighted by atomic mass is 9.64. The van der Waals surface area contributed by atoms with Crippen LogP contribution in [0.5, 0.6) is 0 Å². The molecule has 3 atom stereocenters. The fourth-order valence-corrected chi connectivity index (χ4v) is 5.41. The minimum Gasteiger partial charge on any atom is -0.361 e. The first-order valence-corrected chi connectivity index (χ1v) is 10.1. The highest BCUT2D eigenvalue weighted by molar-refractivity contribution is 5.94. The summed E-state index contributed by atoms with van der Waals surface area (Å²) in [7, 11) is 0. The lowest BCUT2D eigenvalue weighted by Gasteiger charge is -2.39. The van der Waals surface area contributed by atoms with Crippen LogP contribution in [-0.2, 0) is 9.53 Å². The predicted molar refractivity (Wildman–Crippen MR) is 98.0 cm³/mol. The van der Waals surface area contributed by atoms with Crippen molar-refractivity contribution in [1.82, 2.24) is 5.32 Å². The van der Waals surface area contributed by atoms with Gasteiger partial charge >= 0.3 is 0 Å². The molecule has 25 heavy (non-hydrogen) atoms. The Hall–Kier alpha value is -1.35. The zero-order valence-electron chi connectivity index (χ0n) is 15.7. The minimum atomic E-state index is -0.0998. The largest absolute Gasteiger partial charge is 0.361 e. The summed E-state index contributed by atoms with van der Waals surface area (Å²) in [5, 5.41) is 3.15. The average Bonchev–Trinajstić information content (AvgIpc) is 3.44. The zero-order valence-corrected chi connectivity index (χ0v) is 15.7. The van der Waals surface area contributed by atoms with E-state index in [4.69, 9.17) is 4.74 Å². The molecule has 0 radical (unpaired) electrons. The van der Waals surface area contributed by atoms with Crippen LogP contribution in [0.2, 0.25) is 0 Å². The molecule has 5 aliphatic rings. The van der Waals surface area contributed by atoms with E-state index >= 15 is 0 Å². The van der Waals surface area contributed by atoms with Gasteiger partial charge in [0.05, 0.1) is 6.10 Å². The van der Waals surface area contributed by atoms with E-state index in [0.717, 1.165) is 31.3 Å². The van der Waals surface area contributed by atoms with Gasteiger partial charge in [0.25, 0.3) is 0 Å². The molecule has 1 spiro atoms. The van der Waals surface area contributed by atoms with Gasteiger partial charge in [0, 0.05) is 18.0 Å². The Morgan fingerprint density at radius 2 is 2.04 bits per heavy atom. The van der Waals surface area contributed by atoms with Crippen molar-refractivity contribution in [2.45, 2.75) is 83.5 Å². The lowest BCUT2D eigenvalue weighted by Crippen LogP contribution is -2.34. The molecule has 2 saturated carbocycles. The third kappa shape index (κ3) is 2.31. The van der Waals surface area contributed by atoms with Gasteiger partial charge in [-0.25, -0.2) is 0 Å². The van der Waals surface area contributed by atoms with Crippen molar-refractivity contribution in [1.29, 1.82) is 0 Å². The maximum Gasteiger partial charge on any atom is 0.247 e. The second-order valence-electron chi connectivity index (χ2n) is 9.34. The van der Waals surface area contributed by atoms with Gasteiger partial charge in [-0.2, -0.15) is 0 Å². The molecule has 1 amide bonds. The van der Waals surface area contributed by atoms with Crippen LogP contribution in [0.15, 0.2) is 34.4 Å². The van der Waals surface area contributed by atoms with E-state index in [1.807, 2.05) is 0 Å². The van der Waals surface area contributed by atoms with Crippen molar-refractivity contribution in [3.05, 3.63) is 34.4 Å². The number of rotatable bonds is 3. The van der Waals surface area contributed by atoms with Crippen molar-refractivity contribution in [3.8, 4) is 0 Å². The van der Waals surface area contributed by atoms with E-state index in [-0.39, 0.29) is 17.6 Å². The van der Waals surface area contributed by atoms with E-state index in [9.17, 15) is 4.79 Å². The summed E-state index contributed by atoms with van der Waals surface area (Å²) >= 11 is 0. The maximum absolute atomic E-state index is 12.6. The zero-order chi connectivity index (χ0) is 17.4. The van der Waals surface area contributed by atoms with Crippen LogP contribution in [0.1, 0.15) is 65.7 Å². The number of fused-ring (bicyclic) bond motifs is 2. The van der Waals surface area contributed by atoms with E-state index in [1.165, 1.54) is 24.8 Å². The molecule has 3 nitrogen and oxygen atoms in total. The topological polar surface area (TPSA) is 41.6 Å².